The maximum atomic E-state index is 9.79. The molecular weight excluding hydrogens is 269 g/mol. The Kier molecular flexibility index (Phi) is 3.55. The molecule has 0 aliphatic carbocycles. The number of aliphatic hydroxyl groups is 1. The van der Waals surface area contributed by atoms with E-state index >= 15 is 0 Å². The third kappa shape index (κ3) is 2.39. The lowest BCUT2D eigenvalue weighted by molar-refractivity contribution is 0.0310. The van der Waals surface area contributed by atoms with Gasteiger partial charge in [0.05, 0.1) is 16.1 Å². The molecule has 2 aliphatic rings. The Bertz CT molecular complexity index is 437. The van der Waals surface area contributed by atoms with E-state index < -0.39 is 0 Å². The molecule has 1 aromatic rings. The molecule has 98 valence electrons. The van der Waals surface area contributed by atoms with Gasteiger partial charge in [-0.3, -0.25) is 4.90 Å². The van der Waals surface area contributed by atoms with Gasteiger partial charge in [0.15, 0.2) is 0 Å². The van der Waals surface area contributed by atoms with Crippen LogP contribution < -0.4 is 0 Å². The molecule has 0 amide bonds. The van der Waals surface area contributed by atoms with Gasteiger partial charge in [0.2, 0.25) is 0 Å². The topological polar surface area (TPSA) is 23.5 Å². The fourth-order valence-electron chi connectivity index (χ4n) is 3.35. The van der Waals surface area contributed by atoms with Crippen LogP contribution in [0.1, 0.15) is 31.2 Å². The second kappa shape index (κ2) is 5.01. The van der Waals surface area contributed by atoms with Gasteiger partial charge in [-0.2, -0.15) is 0 Å². The number of aliphatic hydroxyl groups excluding tert-OH is 1. The molecule has 3 atom stereocenters. The maximum Gasteiger partial charge on any atom is 0.0595 e. The van der Waals surface area contributed by atoms with Crippen LogP contribution in [-0.4, -0.2) is 28.2 Å². The lowest BCUT2D eigenvalue weighted by Crippen LogP contribution is -2.44. The van der Waals surface area contributed by atoms with Crippen LogP contribution in [0.2, 0.25) is 10.0 Å². The summed E-state index contributed by atoms with van der Waals surface area (Å²) in [5.41, 5.74) is 1.21. The summed E-state index contributed by atoms with van der Waals surface area (Å²) in [7, 11) is 0. The highest BCUT2D eigenvalue weighted by Crippen LogP contribution is 2.37. The van der Waals surface area contributed by atoms with Crippen molar-refractivity contribution < 1.29 is 5.11 Å². The number of hydrogen-bond donors (Lipinski definition) is 1. The zero-order chi connectivity index (χ0) is 12.7. The molecule has 1 N–H and O–H groups in total. The number of benzene rings is 1. The Morgan fingerprint density at radius 2 is 1.78 bits per heavy atom. The summed E-state index contributed by atoms with van der Waals surface area (Å²) in [6.45, 7) is 0.916. The minimum atomic E-state index is -0.104. The predicted molar refractivity (Wildman–Crippen MR) is 74.1 cm³/mol. The van der Waals surface area contributed by atoms with E-state index in [2.05, 4.69) is 4.90 Å². The second-order valence-corrected chi connectivity index (χ2v) is 6.25. The van der Waals surface area contributed by atoms with Crippen molar-refractivity contribution in [1.29, 1.82) is 0 Å². The normalized spacial score (nSPS) is 31.8. The zero-order valence-corrected chi connectivity index (χ0v) is 11.7. The van der Waals surface area contributed by atoms with Gasteiger partial charge >= 0.3 is 0 Å². The summed E-state index contributed by atoms with van der Waals surface area (Å²) in [4.78, 5) is 2.52. The molecule has 1 aromatic carbocycles. The number of piperidine rings is 1. The standard InChI is InChI=1S/C14H17Cl2NO/c15-13-4-1-9(5-14(13)16)8-17-10-2-3-11(17)7-12(18)6-10/h1,4-5,10-12,18H,2-3,6-8H2/t10-,11+,12+. The Hall–Kier alpha value is -0.280. The van der Waals surface area contributed by atoms with Crippen molar-refractivity contribution in [3.8, 4) is 0 Å². The Labute approximate surface area is 117 Å². The lowest BCUT2D eigenvalue weighted by atomic mass is 9.99. The van der Waals surface area contributed by atoms with Crippen LogP contribution in [0.5, 0.6) is 0 Å². The van der Waals surface area contributed by atoms with Crippen LogP contribution in [0.15, 0.2) is 18.2 Å². The van der Waals surface area contributed by atoms with Crippen molar-refractivity contribution in [2.24, 2.45) is 0 Å². The van der Waals surface area contributed by atoms with Gasteiger partial charge in [0.1, 0.15) is 0 Å². The van der Waals surface area contributed by atoms with E-state index in [1.54, 1.807) is 0 Å². The van der Waals surface area contributed by atoms with Gasteiger partial charge in [0, 0.05) is 18.6 Å². The highest BCUT2D eigenvalue weighted by Gasteiger charge is 2.39. The summed E-state index contributed by atoms with van der Waals surface area (Å²) in [6.07, 6.45) is 4.15. The third-order valence-electron chi connectivity index (χ3n) is 4.21. The van der Waals surface area contributed by atoms with Crippen molar-refractivity contribution in [2.75, 3.05) is 0 Å². The van der Waals surface area contributed by atoms with Crippen LogP contribution in [-0.2, 0) is 6.54 Å². The lowest BCUT2D eigenvalue weighted by Gasteiger charge is -2.37. The number of hydrogen-bond acceptors (Lipinski definition) is 2. The van der Waals surface area contributed by atoms with Crippen LogP contribution in [0, 0.1) is 0 Å². The van der Waals surface area contributed by atoms with Gasteiger partial charge in [-0.1, -0.05) is 29.3 Å². The van der Waals surface area contributed by atoms with E-state index in [-0.39, 0.29) is 6.10 Å². The highest BCUT2D eigenvalue weighted by molar-refractivity contribution is 6.42. The highest BCUT2D eigenvalue weighted by atomic mass is 35.5. The van der Waals surface area contributed by atoms with Gasteiger partial charge in [-0.25, -0.2) is 0 Å². The molecule has 0 spiro atoms. The van der Waals surface area contributed by atoms with Crippen LogP contribution in [0.3, 0.4) is 0 Å². The van der Waals surface area contributed by atoms with E-state index in [0.717, 1.165) is 19.4 Å². The van der Waals surface area contributed by atoms with Gasteiger partial charge in [0.25, 0.3) is 0 Å². The first-order chi connectivity index (χ1) is 8.63. The first-order valence-corrected chi connectivity index (χ1v) is 7.27. The minimum Gasteiger partial charge on any atom is -0.393 e. The fraction of sp³-hybridized carbons (Fsp3) is 0.571. The SMILES string of the molecule is O[C@H]1C[C@H]2CC[C@@H](C1)N2Cc1ccc(Cl)c(Cl)c1. The molecule has 2 saturated heterocycles. The Morgan fingerprint density at radius 3 is 2.39 bits per heavy atom. The largest absolute Gasteiger partial charge is 0.393 e. The maximum absolute atomic E-state index is 9.79. The molecule has 3 rings (SSSR count). The van der Waals surface area contributed by atoms with E-state index in [1.807, 2.05) is 18.2 Å². The molecule has 2 fully saturated rings. The third-order valence-corrected chi connectivity index (χ3v) is 4.95. The first-order valence-electron chi connectivity index (χ1n) is 6.51. The molecule has 2 bridgehead atoms. The van der Waals surface area contributed by atoms with Crippen molar-refractivity contribution in [3.63, 3.8) is 0 Å². The zero-order valence-electron chi connectivity index (χ0n) is 10.1. The number of rotatable bonds is 2. The second-order valence-electron chi connectivity index (χ2n) is 5.43. The van der Waals surface area contributed by atoms with E-state index in [0.29, 0.717) is 22.1 Å². The smallest absolute Gasteiger partial charge is 0.0595 e. The van der Waals surface area contributed by atoms with Gasteiger partial charge in [-0.05, 0) is 43.4 Å². The summed E-state index contributed by atoms with van der Waals surface area (Å²) in [6, 6.07) is 6.92. The molecule has 0 saturated carbocycles. The fourth-order valence-corrected chi connectivity index (χ4v) is 3.67. The van der Waals surface area contributed by atoms with Crippen molar-refractivity contribution >= 4 is 23.2 Å². The minimum absolute atomic E-state index is 0.104. The summed E-state index contributed by atoms with van der Waals surface area (Å²) < 4.78 is 0. The molecule has 4 heteroatoms. The van der Waals surface area contributed by atoms with Crippen LogP contribution in [0.25, 0.3) is 0 Å². The van der Waals surface area contributed by atoms with Gasteiger partial charge in [-0.15, -0.1) is 0 Å². The molecule has 2 aliphatic heterocycles. The monoisotopic (exact) mass is 285 g/mol. The van der Waals surface area contributed by atoms with Crippen LogP contribution in [0.4, 0.5) is 0 Å². The molecule has 18 heavy (non-hydrogen) atoms. The molecule has 0 unspecified atom stereocenters. The van der Waals surface area contributed by atoms with Gasteiger partial charge < -0.3 is 5.11 Å². The molecule has 2 nitrogen and oxygen atoms in total. The van der Waals surface area contributed by atoms with E-state index in [9.17, 15) is 5.11 Å². The van der Waals surface area contributed by atoms with E-state index in [1.165, 1.54) is 18.4 Å². The van der Waals surface area contributed by atoms with Crippen molar-refractivity contribution in [3.05, 3.63) is 33.8 Å². The number of nitrogens with zero attached hydrogens (tertiary/aromatic N) is 1. The average molecular weight is 286 g/mol. The predicted octanol–water partition coefficient (Wildman–Crippen LogP) is 3.48. The Morgan fingerprint density at radius 1 is 1.11 bits per heavy atom. The quantitative estimate of drug-likeness (QED) is 0.899. The van der Waals surface area contributed by atoms with Crippen molar-refractivity contribution in [1.82, 2.24) is 4.90 Å². The summed E-state index contributed by atoms with van der Waals surface area (Å²) in [5, 5.41) is 11.0. The summed E-state index contributed by atoms with van der Waals surface area (Å²) >= 11 is 12.0. The first kappa shape index (κ1) is 12.7. The molecular formula is C14H17Cl2NO. The Balaban J connectivity index is 1.75. The molecule has 0 radical (unpaired) electrons. The summed E-state index contributed by atoms with van der Waals surface area (Å²) in [5.74, 6) is 0. The van der Waals surface area contributed by atoms with Crippen LogP contribution >= 0.6 is 23.2 Å². The number of halogens is 2. The average Bonchev–Trinajstić information content (AvgIpc) is 2.58. The van der Waals surface area contributed by atoms with Crippen molar-refractivity contribution in [2.45, 2.75) is 50.4 Å². The van der Waals surface area contributed by atoms with E-state index in [4.69, 9.17) is 23.2 Å². The molecule has 2 heterocycles. The molecule has 0 aromatic heterocycles. The number of fused-ring (bicyclic) bond motifs is 2.